The van der Waals surface area contributed by atoms with Gasteiger partial charge in [0.1, 0.15) is 12.2 Å². The van der Waals surface area contributed by atoms with E-state index < -0.39 is 0 Å². The van der Waals surface area contributed by atoms with Crippen LogP contribution in [0.1, 0.15) is 42.1 Å². The highest BCUT2D eigenvalue weighted by Gasteiger charge is 2.22. The number of aryl methyl sites for hydroxylation is 2. The highest BCUT2D eigenvalue weighted by atomic mass is 16.1. The number of nitrogens with one attached hydrogen (secondary N) is 2. The maximum atomic E-state index is 12.2. The average molecular weight is 339 g/mol. The molecule has 0 saturated heterocycles. The third kappa shape index (κ3) is 3.74. The van der Waals surface area contributed by atoms with Crippen LogP contribution in [0, 0.1) is 0 Å². The van der Waals surface area contributed by atoms with Gasteiger partial charge in [-0.15, -0.1) is 0 Å². The lowest BCUT2D eigenvalue weighted by molar-refractivity contribution is -0.120. The third-order valence-electron chi connectivity index (χ3n) is 5.40. The molecule has 1 aliphatic heterocycles. The fraction of sp³-hybridized carbons (Fsp3) is 0.526. The van der Waals surface area contributed by atoms with Crippen molar-refractivity contribution in [2.75, 3.05) is 13.1 Å². The molecule has 4 rings (SSSR count). The van der Waals surface area contributed by atoms with Crippen molar-refractivity contribution in [2.24, 2.45) is 0 Å². The van der Waals surface area contributed by atoms with Gasteiger partial charge in [-0.05, 0) is 36.8 Å². The molecule has 25 heavy (non-hydrogen) atoms. The first-order valence-electron chi connectivity index (χ1n) is 9.24. The zero-order valence-electron chi connectivity index (χ0n) is 14.4. The normalized spacial score (nSPS) is 22.1. The Kier molecular flexibility index (Phi) is 4.78. The molecule has 1 amide bonds. The molecule has 1 aliphatic carbocycles. The van der Waals surface area contributed by atoms with Crippen LogP contribution >= 0.6 is 0 Å². The molecule has 0 unspecified atom stereocenters. The highest BCUT2D eigenvalue weighted by Crippen LogP contribution is 2.30. The van der Waals surface area contributed by atoms with Crippen LogP contribution in [0.15, 0.2) is 30.6 Å². The summed E-state index contributed by atoms with van der Waals surface area (Å²) in [7, 11) is 0. The predicted molar refractivity (Wildman–Crippen MR) is 95.3 cm³/mol. The summed E-state index contributed by atoms with van der Waals surface area (Å²) in [5.74, 6) is 1.56. The zero-order valence-corrected chi connectivity index (χ0v) is 14.4. The van der Waals surface area contributed by atoms with Crippen LogP contribution < -0.4 is 10.6 Å². The van der Waals surface area contributed by atoms with Gasteiger partial charge in [0.05, 0.1) is 13.1 Å². The smallest absolute Gasteiger partial charge is 0.233 e. The largest absolute Gasteiger partial charge is 0.354 e. The molecule has 0 spiro atoms. The monoisotopic (exact) mass is 339 g/mol. The summed E-state index contributed by atoms with van der Waals surface area (Å²) in [4.78, 5) is 16.5. The van der Waals surface area contributed by atoms with Gasteiger partial charge in [-0.2, -0.15) is 5.10 Å². The maximum absolute atomic E-state index is 12.2. The second kappa shape index (κ2) is 7.35. The van der Waals surface area contributed by atoms with Crippen LogP contribution in [0.5, 0.6) is 0 Å². The Morgan fingerprint density at radius 2 is 2.16 bits per heavy atom. The lowest BCUT2D eigenvalue weighted by atomic mass is 9.83. The van der Waals surface area contributed by atoms with Crippen molar-refractivity contribution in [3.05, 3.63) is 47.5 Å². The molecule has 6 heteroatoms. The van der Waals surface area contributed by atoms with E-state index in [9.17, 15) is 4.79 Å². The molecule has 0 radical (unpaired) electrons. The standard InChI is InChI=1S/C19H25N5O/c25-19(11-20-16-8-9-18-22-13-23-24(18)12-16)21-10-15-6-3-5-14-4-1-2-7-17(14)15/h1-2,4,7,13,15-16,20H,3,5-6,8-12H2,(H,21,25)/t15-,16+/m0/s1. The molecule has 2 aliphatic rings. The molecule has 2 N–H and O–H groups in total. The molecule has 0 saturated carbocycles. The number of carbonyl (C=O) groups excluding carboxylic acids is 1. The van der Waals surface area contributed by atoms with Crippen molar-refractivity contribution >= 4 is 5.91 Å². The number of amides is 1. The average Bonchev–Trinajstić information content (AvgIpc) is 3.12. The molecule has 0 bridgehead atoms. The molecular formula is C19H25N5O. The first-order chi connectivity index (χ1) is 12.3. The van der Waals surface area contributed by atoms with Gasteiger partial charge in [-0.1, -0.05) is 24.3 Å². The maximum Gasteiger partial charge on any atom is 0.233 e. The zero-order chi connectivity index (χ0) is 17.1. The summed E-state index contributed by atoms with van der Waals surface area (Å²) in [6, 6.07) is 8.92. The van der Waals surface area contributed by atoms with Crippen molar-refractivity contribution in [3.8, 4) is 0 Å². The SMILES string of the molecule is O=C(CN[C@@H]1CCc2ncnn2C1)NC[C@@H]1CCCc2ccccc21. The minimum absolute atomic E-state index is 0.0763. The Labute approximate surface area is 148 Å². The first-order valence-corrected chi connectivity index (χ1v) is 9.24. The minimum Gasteiger partial charge on any atom is -0.354 e. The minimum atomic E-state index is 0.0763. The number of fused-ring (bicyclic) bond motifs is 2. The molecule has 2 heterocycles. The number of benzene rings is 1. The summed E-state index contributed by atoms with van der Waals surface area (Å²) >= 11 is 0. The topological polar surface area (TPSA) is 71.8 Å². The number of carbonyl (C=O) groups is 1. The molecule has 6 nitrogen and oxygen atoms in total. The lowest BCUT2D eigenvalue weighted by Gasteiger charge is -2.26. The van der Waals surface area contributed by atoms with E-state index in [-0.39, 0.29) is 11.9 Å². The Morgan fingerprint density at radius 1 is 1.24 bits per heavy atom. The number of hydrogen-bond donors (Lipinski definition) is 2. The van der Waals surface area contributed by atoms with Gasteiger partial charge in [0, 0.05) is 24.9 Å². The molecule has 2 atom stereocenters. The van der Waals surface area contributed by atoms with Crippen molar-refractivity contribution in [1.82, 2.24) is 25.4 Å². The van der Waals surface area contributed by atoms with E-state index in [1.165, 1.54) is 17.5 Å². The molecule has 1 aromatic carbocycles. The Morgan fingerprint density at radius 3 is 3.12 bits per heavy atom. The van der Waals surface area contributed by atoms with E-state index in [0.717, 1.165) is 44.6 Å². The van der Waals surface area contributed by atoms with E-state index in [0.29, 0.717) is 12.5 Å². The summed E-state index contributed by atoms with van der Waals surface area (Å²) in [5, 5.41) is 10.7. The summed E-state index contributed by atoms with van der Waals surface area (Å²) in [5.41, 5.74) is 2.85. The van der Waals surface area contributed by atoms with Crippen LogP contribution in [-0.4, -0.2) is 39.8 Å². The van der Waals surface area contributed by atoms with Gasteiger partial charge in [0.15, 0.2) is 0 Å². The fourth-order valence-corrected chi connectivity index (χ4v) is 4.01. The number of aromatic nitrogens is 3. The summed E-state index contributed by atoms with van der Waals surface area (Å²) in [6.07, 6.45) is 7.04. The molecule has 0 fully saturated rings. The van der Waals surface area contributed by atoms with Crippen LogP contribution in [0.2, 0.25) is 0 Å². The Balaban J connectivity index is 1.24. The van der Waals surface area contributed by atoms with Crippen LogP contribution in [0.3, 0.4) is 0 Å². The lowest BCUT2D eigenvalue weighted by Crippen LogP contribution is -2.44. The van der Waals surface area contributed by atoms with E-state index in [1.807, 2.05) is 4.68 Å². The van der Waals surface area contributed by atoms with Gasteiger partial charge in [0.2, 0.25) is 5.91 Å². The van der Waals surface area contributed by atoms with Gasteiger partial charge >= 0.3 is 0 Å². The number of hydrogen-bond acceptors (Lipinski definition) is 4. The molecule has 1 aromatic heterocycles. The van der Waals surface area contributed by atoms with Gasteiger partial charge in [-0.3, -0.25) is 4.79 Å². The van der Waals surface area contributed by atoms with Crippen molar-refractivity contribution in [3.63, 3.8) is 0 Å². The summed E-state index contributed by atoms with van der Waals surface area (Å²) in [6.45, 7) is 1.89. The third-order valence-corrected chi connectivity index (χ3v) is 5.40. The van der Waals surface area contributed by atoms with Gasteiger partial charge in [0.25, 0.3) is 0 Å². The Bertz CT molecular complexity index is 741. The fourth-order valence-electron chi connectivity index (χ4n) is 4.01. The van der Waals surface area contributed by atoms with Crippen molar-refractivity contribution in [2.45, 2.75) is 50.6 Å². The predicted octanol–water partition coefficient (Wildman–Crippen LogP) is 1.42. The Hall–Kier alpha value is -2.21. The van der Waals surface area contributed by atoms with E-state index in [4.69, 9.17) is 0 Å². The molecule has 2 aromatic rings. The van der Waals surface area contributed by atoms with Crippen LogP contribution in [0.4, 0.5) is 0 Å². The second-order valence-electron chi connectivity index (χ2n) is 7.07. The molecule has 132 valence electrons. The molecular weight excluding hydrogens is 314 g/mol. The van der Waals surface area contributed by atoms with Crippen LogP contribution in [0.25, 0.3) is 0 Å². The number of rotatable bonds is 5. The van der Waals surface area contributed by atoms with Crippen LogP contribution in [-0.2, 0) is 24.2 Å². The van der Waals surface area contributed by atoms with Gasteiger partial charge < -0.3 is 10.6 Å². The van der Waals surface area contributed by atoms with Crippen molar-refractivity contribution in [1.29, 1.82) is 0 Å². The van der Waals surface area contributed by atoms with Gasteiger partial charge in [-0.25, -0.2) is 9.67 Å². The quantitative estimate of drug-likeness (QED) is 0.864. The van der Waals surface area contributed by atoms with E-state index in [2.05, 4.69) is 45.0 Å². The highest BCUT2D eigenvalue weighted by molar-refractivity contribution is 5.78. The van der Waals surface area contributed by atoms with E-state index in [1.54, 1.807) is 6.33 Å². The van der Waals surface area contributed by atoms with Crippen molar-refractivity contribution < 1.29 is 4.79 Å². The summed E-state index contributed by atoms with van der Waals surface area (Å²) < 4.78 is 1.93. The number of nitrogens with zero attached hydrogens (tertiary/aromatic N) is 3. The second-order valence-corrected chi connectivity index (χ2v) is 7.07. The van der Waals surface area contributed by atoms with E-state index >= 15 is 0 Å². The first kappa shape index (κ1) is 16.3.